The molecule has 0 spiro atoms. The third-order valence-corrected chi connectivity index (χ3v) is 3.19. The van der Waals surface area contributed by atoms with Crippen LogP contribution in [0, 0.1) is 0 Å². The number of hydrogen-bond donors (Lipinski definition) is 1. The molecule has 21 heavy (non-hydrogen) atoms. The van der Waals surface area contributed by atoms with Gasteiger partial charge in [-0.2, -0.15) is 0 Å². The highest BCUT2D eigenvalue weighted by molar-refractivity contribution is 7.92. The zero-order chi connectivity index (χ0) is 15.3. The summed E-state index contributed by atoms with van der Waals surface area (Å²) >= 11 is 0. The van der Waals surface area contributed by atoms with Gasteiger partial charge in [0.2, 0.25) is 10.0 Å². The molecule has 0 amide bonds. The van der Waals surface area contributed by atoms with Crippen LogP contribution in [0.1, 0.15) is 15.9 Å². The zero-order valence-electron chi connectivity index (χ0n) is 11.4. The van der Waals surface area contributed by atoms with Crippen molar-refractivity contribution in [1.29, 1.82) is 0 Å². The molecule has 0 unspecified atom stereocenters. The maximum atomic E-state index is 12.0. The fraction of sp³-hybridized carbons (Fsp3) is 0.0667. The Kier molecular flexibility index (Phi) is 4.49. The van der Waals surface area contributed by atoms with E-state index in [0.717, 1.165) is 11.8 Å². The van der Waals surface area contributed by atoms with E-state index in [9.17, 15) is 13.2 Å². The molecular formula is C15H14N2O3S. The number of carbonyl (C=O) groups excluding carboxylic acids is 1. The number of allylic oxidation sites excluding steroid dienone is 1. The number of rotatable bonds is 5. The maximum Gasteiger partial charge on any atom is 0.229 e. The van der Waals surface area contributed by atoms with Gasteiger partial charge in [-0.1, -0.05) is 6.07 Å². The third kappa shape index (κ3) is 4.85. The van der Waals surface area contributed by atoms with Crippen LogP contribution < -0.4 is 4.72 Å². The summed E-state index contributed by atoms with van der Waals surface area (Å²) in [5, 5.41) is 0. The molecule has 5 nitrogen and oxygen atoms in total. The average Bonchev–Trinajstić information content (AvgIpc) is 2.45. The number of nitrogens with zero attached hydrogens (tertiary/aromatic N) is 1. The van der Waals surface area contributed by atoms with Gasteiger partial charge in [-0.15, -0.1) is 0 Å². The van der Waals surface area contributed by atoms with Crippen LogP contribution in [-0.2, 0) is 10.0 Å². The monoisotopic (exact) mass is 302 g/mol. The summed E-state index contributed by atoms with van der Waals surface area (Å²) in [4.78, 5) is 15.9. The Bertz CT molecular complexity index is 751. The largest absolute Gasteiger partial charge is 0.289 e. The van der Waals surface area contributed by atoms with Crippen LogP contribution in [0.15, 0.2) is 54.9 Å². The fourth-order valence-electron chi connectivity index (χ4n) is 1.66. The molecular weight excluding hydrogens is 288 g/mol. The molecule has 2 aromatic rings. The first-order valence-electron chi connectivity index (χ1n) is 6.14. The van der Waals surface area contributed by atoms with Gasteiger partial charge in [-0.3, -0.25) is 14.5 Å². The minimum absolute atomic E-state index is 0.162. The molecule has 0 aliphatic rings. The van der Waals surface area contributed by atoms with Crippen molar-refractivity contribution in [2.75, 3.05) is 11.0 Å². The lowest BCUT2D eigenvalue weighted by molar-refractivity contribution is 0.104. The van der Waals surface area contributed by atoms with Crippen LogP contribution >= 0.6 is 0 Å². The second kappa shape index (κ2) is 6.32. The lowest BCUT2D eigenvalue weighted by atomic mass is 10.1. The number of pyridine rings is 1. The van der Waals surface area contributed by atoms with Gasteiger partial charge in [0.1, 0.15) is 0 Å². The molecule has 0 saturated carbocycles. The molecule has 6 heteroatoms. The van der Waals surface area contributed by atoms with Gasteiger partial charge in [0.05, 0.1) is 6.26 Å². The van der Waals surface area contributed by atoms with E-state index in [4.69, 9.17) is 0 Å². The number of carbonyl (C=O) groups is 1. The van der Waals surface area contributed by atoms with E-state index in [-0.39, 0.29) is 5.78 Å². The van der Waals surface area contributed by atoms with Crippen LogP contribution in [0.3, 0.4) is 0 Å². The Morgan fingerprint density at radius 2 is 1.90 bits per heavy atom. The van der Waals surface area contributed by atoms with Crippen LogP contribution in [-0.4, -0.2) is 25.4 Å². The number of hydrogen-bond acceptors (Lipinski definition) is 4. The van der Waals surface area contributed by atoms with E-state index in [1.807, 2.05) is 6.07 Å². The predicted molar refractivity (Wildman–Crippen MR) is 82.5 cm³/mol. The Morgan fingerprint density at radius 3 is 2.48 bits per heavy atom. The molecule has 1 heterocycles. The first-order chi connectivity index (χ1) is 9.94. The maximum absolute atomic E-state index is 12.0. The standard InChI is InChI=1S/C15H14N2O3S/c1-21(19,20)17-14-7-5-13(6-8-14)15(18)9-4-12-3-2-10-16-11-12/h2-11,17H,1H3/b9-4+. The van der Waals surface area contributed by atoms with Crippen molar-refractivity contribution in [2.45, 2.75) is 0 Å². The van der Waals surface area contributed by atoms with Crippen molar-refractivity contribution in [3.8, 4) is 0 Å². The van der Waals surface area contributed by atoms with Gasteiger partial charge in [-0.05, 0) is 48.0 Å². The summed E-state index contributed by atoms with van der Waals surface area (Å²) in [5.41, 5.74) is 1.74. The molecule has 1 aromatic carbocycles. The Morgan fingerprint density at radius 1 is 1.19 bits per heavy atom. The van der Waals surface area contributed by atoms with Crippen molar-refractivity contribution in [2.24, 2.45) is 0 Å². The number of sulfonamides is 1. The smallest absolute Gasteiger partial charge is 0.229 e. The SMILES string of the molecule is CS(=O)(=O)Nc1ccc(C(=O)/C=C/c2cccnc2)cc1. The van der Waals surface area contributed by atoms with Crippen LogP contribution in [0.25, 0.3) is 6.08 Å². The predicted octanol–water partition coefficient (Wildman–Crippen LogP) is 2.35. The van der Waals surface area contributed by atoms with E-state index < -0.39 is 10.0 Å². The minimum Gasteiger partial charge on any atom is -0.289 e. The van der Waals surface area contributed by atoms with Gasteiger partial charge in [0.15, 0.2) is 5.78 Å². The van der Waals surface area contributed by atoms with Crippen LogP contribution in [0.2, 0.25) is 0 Å². The van der Waals surface area contributed by atoms with Crippen LogP contribution in [0.4, 0.5) is 5.69 Å². The van der Waals surface area contributed by atoms with Gasteiger partial charge < -0.3 is 0 Å². The molecule has 108 valence electrons. The lowest BCUT2D eigenvalue weighted by Crippen LogP contribution is -2.09. The van der Waals surface area contributed by atoms with Crippen molar-refractivity contribution in [3.63, 3.8) is 0 Å². The van der Waals surface area contributed by atoms with E-state index >= 15 is 0 Å². The van der Waals surface area contributed by atoms with Crippen molar-refractivity contribution in [1.82, 2.24) is 4.98 Å². The highest BCUT2D eigenvalue weighted by Crippen LogP contribution is 2.12. The molecule has 1 aromatic heterocycles. The number of ketones is 1. The second-order valence-electron chi connectivity index (χ2n) is 4.44. The van der Waals surface area contributed by atoms with Gasteiger partial charge in [0.25, 0.3) is 0 Å². The summed E-state index contributed by atoms with van der Waals surface area (Å²) in [6, 6.07) is 9.87. The Balaban J connectivity index is 2.08. The van der Waals surface area contributed by atoms with Crippen molar-refractivity contribution < 1.29 is 13.2 Å². The summed E-state index contributed by atoms with van der Waals surface area (Å²) < 4.78 is 24.5. The number of benzene rings is 1. The van der Waals surface area contributed by atoms with Crippen molar-refractivity contribution >= 4 is 27.6 Å². The average molecular weight is 302 g/mol. The zero-order valence-corrected chi connectivity index (χ0v) is 12.2. The van der Waals surface area contributed by atoms with E-state index in [0.29, 0.717) is 11.3 Å². The topological polar surface area (TPSA) is 76.1 Å². The summed E-state index contributed by atoms with van der Waals surface area (Å²) in [6.45, 7) is 0. The second-order valence-corrected chi connectivity index (χ2v) is 6.18. The van der Waals surface area contributed by atoms with Crippen molar-refractivity contribution in [3.05, 3.63) is 66.0 Å². The number of nitrogens with one attached hydrogen (secondary N) is 1. The van der Waals surface area contributed by atoms with E-state index in [1.54, 1.807) is 48.8 Å². The summed E-state index contributed by atoms with van der Waals surface area (Å²) in [6.07, 6.45) is 7.52. The summed E-state index contributed by atoms with van der Waals surface area (Å²) in [7, 11) is -3.31. The molecule has 0 saturated heterocycles. The first kappa shape index (κ1) is 14.9. The van der Waals surface area contributed by atoms with Crippen LogP contribution in [0.5, 0.6) is 0 Å². The van der Waals surface area contributed by atoms with Gasteiger partial charge in [-0.25, -0.2) is 8.42 Å². The quantitative estimate of drug-likeness (QED) is 0.679. The van der Waals surface area contributed by atoms with E-state index in [1.165, 1.54) is 6.08 Å². The molecule has 0 bridgehead atoms. The first-order valence-corrected chi connectivity index (χ1v) is 8.03. The van der Waals surface area contributed by atoms with Gasteiger partial charge in [0, 0.05) is 23.6 Å². The molecule has 0 fully saturated rings. The Hall–Kier alpha value is -2.47. The number of aromatic nitrogens is 1. The molecule has 2 rings (SSSR count). The normalized spacial score (nSPS) is 11.5. The van der Waals surface area contributed by atoms with E-state index in [2.05, 4.69) is 9.71 Å². The minimum atomic E-state index is -3.31. The molecule has 1 N–H and O–H groups in total. The highest BCUT2D eigenvalue weighted by Gasteiger charge is 2.04. The fourth-order valence-corrected chi connectivity index (χ4v) is 2.22. The Labute approximate surface area is 123 Å². The highest BCUT2D eigenvalue weighted by atomic mass is 32.2. The lowest BCUT2D eigenvalue weighted by Gasteiger charge is -2.03. The summed E-state index contributed by atoms with van der Waals surface area (Å²) in [5.74, 6) is -0.162. The number of anilines is 1. The third-order valence-electron chi connectivity index (χ3n) is 2.58. The molecule has 0 aliphatic heterocycles. The molecule has 0 radical (unpaired) electrons. The molecule has 0 atom stereocenters. The van der Waals surface area contributed by atoms with Gasteiger partial charge >= 0.3 is 0 Å². The molecule has 0 aliphatic carbocycles.